The molecule has 6 nitrogen and oxygen atoms in total. The number of methoxy groups -OCH3 is 1. The predicted molar refractivity (Wildman–Crippen MR) is 66.1 cm³/mol. The van der Waals surface area contributed by atoms with Gasteiger partial charge in [0.25, 0.3) is 5.91 Å². The van der Waals surface area contributed by atoms with E-state index in [2.05, 4.69) is 4.74 Å². The van der Waals surface area contributed by atoms with Gasteiger partial charge in [0.2, 0.25) is 5.91 Å². The van der Waals surface area contributed by atoms with E-state index in [0.717, 1.165) is 0 Å². The van der Waals surface area contributed by atoms with Crippen molar-refractivity contribution in [2.24, 2.45) is 0 Å². The van der Waals surface area contributed by atoms with Crippen molar-refractivity contribution in [1.29, 1.82) is 0 Å². The van der Waals surface area contributed by atoms with Crippen molar-refractivity contribution in [3.63, 3.8) is 0 Å². The van der Waals surface area contributed by atoms with E-state index in [1.807, 2.05) is 6.07 Å². The molecule has 0 aromatic heterocycles. The molecule has 1 heterocycles. The number of benzene rings is 1. The monoisotopic (exact) mass is 263 g/mol. The number of carbonyl (C=O) groups excluding carboxylic acids is 3. The number of imide groups is 1. The van der Waals surface area contributed by atoms with Crippen molar-refractivity contribution in [3.05, 3.63) is 30.3 Å². The number of ether oxygens (including phenoxy) is 1. The summed E-state index contributed by atoms with van der Waals surface area (Å²) in [6.07, 6.45) is 0.102. The Morgan fingerprint density at radius 2 is 2.05 bits per heavy atom. The summed E-state index contributed by atoms with van der Waals surface area (Å²) < 4.78 is 4.50. The summed E-state index contributed by atoms with van der Waals surface area (Å²) in [6, 6.07) is 8.21. The molecule has 1 aromatic rings. The van der Waals surface area contributed by atoms with Crippen LogP contribution in [-0.4, -0.2) is 37.5 Å². The van der Waals surface area contributed by atoms with E-state index in [0.29, 0.717) is 5.69 Å². The van der Waals surface area contributed by atoms with Crippen LogP contribution in [0.3, 0.4) is 0 Å². The van der Waals surface area contributed by atoms with Gasteiger partial charge in [-0.15, -0.1) is 0 Å². The van der Waals surface area contributed by atoms with Gasteiger partial charge < -0.3 is 10.1 Å². The fraction of sp³-hybridized carbons (Fsp3) is 0.308. The van der Waals surface area contributed by atoms with Crippen LogP contribution in [0.15, 0.2) is 30.3 Å². The van der Waals surface area contributed by atoms with E-state index in [-0.39, 0.29) is 24.8 Å². The Morgan fingerprint density at radius 1 is 1.37 bits per heavy atom. The lowest BCUT2D eigenvalue weighted by molar-refractivity contribution is -0.665. The predicted octanol–water partition coefficient (Wildman–Crippen LogP) is -0.945. The highest BCUT2D eigenvalue weighted by atomic mass is 16.5. The van der Waals surface area contributed by atoms with Crippen LogP contribution in [0.2, 0.25) is 0 Å². The summed E-state index contributed by atoms with van der Waals surface area (Å²) in [5.41, 5.74) is 0.562. The molecule has 1 aliphatic rings. The summed E-state index contributed by atoms with van der Waals surface area (Å²) in [6.45, 7) is 0.0306. The number of nitrogens with zero attached hydrogens (tertiary/aromatic N) is 1. The lowest BCUT2D eigenvalue weighted by Gasteiger charge is -2.13. The maximum absolute atomic E-state index is 12.1. The molecule has 1 aromatic carbocycles. The lowest BCUT2D eigenvalue weighted by Crippen LogP contribution is -2.93. The van der Waals surface area contributed by atoms with Gasteiger partial charge in [0, 0.05) is 0 Å². The maximum Gasteiger partial charge on any atom is 0.361 e. The first-order chi connectivity index (χ1) is 9.13. The molecule has 0 saturated carbocycles. The zero-order chi connectivity index (χ0) is 13.8. The van der Waals surface area contributed by atoms with Gasteiger partial charge in [0.15, 0.2) is 12.6 Å². The number of nitrogens with two attached hydrogens (primary N) is 1. The summed E-state index contributed by atoms with van der Waals surface area (Å²) in [4.78, 5) is 36.2. The second kappa shape index (κ2) is 5.62. The van der Waals surface area contributed by atoms with Crippen molar-refractivity contribution in [2.45, 2.75) is 12.5 Å². The minimum absolute atomic E-state index is 0.0306. The van der Waals surface area contributed by atoms with Crippen molar-refractivity contribution < 1.29 is 24.4 Å². The van der Waals surface area contributed by atoms with Crippen molar-refractivity contribution in [3.8, 4) is 0 Å². The number of hydrogen-bond donors (Lipinski definition) is 1. The summed E-state index contributed by atoms with van der Waals surface area (Å²) in [5.74, 6) is -0.958. The van der Waals surface area contributed by atoms with Crippen LogP contribution in [0.1, 0.15) is 6.42 Å². The number of para-hydroxylation sites is 1. The topological polar surface area (TPSA) is 80.3 Å². The number of esters is 1. The zero-order valence-corrected chi connectivity index (χ0v) is 10.5. The molecular weight excluding hydrogens is 248 g/mol. The first-order valence-electron chi connectivity index (χ1n) is 5.95. The molecule has 2 N–H and O–H groups in total. The first-order valence-corrected chi connectivity index (χ1v) is 5.95. The first kappa shape index (κ1) is 13.2. The molecule has 0 bridgehead atoms. The summed E-state index contributed by atoms with van der Waals surface area (Å²) in [7, 11) is 1.29. The average molecular weight is 263 g/mol. The van der Waals surface area contributed by atoms with Gasteiger partial charge in [0.1, 0.15) is 0 Å². The van der Waals surface area contributed by atoms with Gasteiger partial charge in [-0.05, 0) is 12.1 Å². The van der Waals surface area contributed by atoms with Crippen molar-refractivity contribution >= 4 is 23.5 Å². The van der Waals surface area contributed by atoms with Gasteiger partial charge in [-0.25, -0.2) is 9.69 Å². The van der Waals surface area contributed by atoms with Gasteiger partial charge in [-0.3, -0.25) is 9.59 Å². The molecule has 6 heteroatoms. The number of carbonyl (C=O) groups is 3. The van der Waals surface area contributed by atoms with E-state index in [9.17, 15) is 14.4 Å². The van der Waals surface area contributed by atoms with Crippen molar-refractivity contribution in [1.82, 2.24) is 0 Å². The Labute approximate surface area is 110 Å². The second-order valence-electron chi connectivity index (χ2n) is 4.23. The Bertz CT molecular complexity index is 501. The quantitative estimate of drug-likeness (QED) is 0.561. The lowest BCUT2D eigenvalue weighted by atomic mass is 10.2. The molecule has 19 heavy (non-hydrogen) atoms. The molecule has 0 aliphatic carbocycles. The standard InChI is InChI=1S/C13H14N2O4/c1-19-12(17)8-14-10-7-11(16)15(13(10)18)9-5-3-2-4-6-9/h2-6,10,14H,7-8H2,1H3/p+1/t10-/m0/s1. The Balaban J connectivity index is 2.07. The van der Waals surface area contributed by atoms with E-state index >= 15 is 0 Å². The van der Waals surface area contributed by atoms with Crippen LogP contribution in [0, 0.1) is 0 Å². The fourth-order valence-electron chi connectivity index (χ4n) is 2.01. The summed E-state index contributed by atoms with van der Waals surface area (Å²) in [5, 5.41) is 1.54. The van der Waals surface area contributed by atoms with Crippen LogP contribution < -0.4 is 10.2 Å². The number of hydrogen-bond acceptors (Lipinski definition) is 4. The average Bonchev–Trinajstić information content (AvgIpc) is 2.71. The Kier molecular flexibility index (Phi) is 3.91. The van der Waals surface area contributed by atoms with E-state index in [4.69, 9.17) is 0 Å². The molecule has 1 atom stereocenters. The minimum atomic E-state index is -0.549. The molecule has 0 unspecified atom stereocenters. The highest BCUT2D eigenvalue weighted by Crippen LogP contribution is 2.20. The number of quaternary nitrogens is 1. The molecular formula is C13H15N2O4+. The highest BCUT2D eigenvalue weighted by molar-refractivity contribution is 6.21. The Morgan fingerprint density at radius 3 is 2.68 bits per heavy atom. The maximum atomic E-state index is 12.1. The van der Waals surface area contributed by atoms with E-state index in [1.165, 1.54) is 17.3 Å². The zero-order valence-electron chi connectivity index (χ0n) is 10.5. The second-order valence-corrected chi connectivity index (χ2v) is 4.23. The molecule has 1 saturated heterocycles. The molecule has 0 spiro atoms. The molecule has 100 valence electrons. The van der Waals surface area contributed by atoms with Crippen LogP contribution in [-0.2, 0) is 19.1 Å². The molecule has 1 aliphatic heterocycles. The third kappa shape index (κ3) is 2.79. The van der Waals surface area contributed by atoms with Crippen LogP contribution in [0.4, 0.5) is 5.69 Å². The third-order valence-electron chi connectivity index (χ3n) is 2.99. The van der Waals surface area contributed by atoms with Crippen LogP contribution >= 0.6 is 0 Å². The van der Waals surface area contributed by atoms with Crippen molar-refractivity contribution in [2.75, 3.05) is 18.6 Å². The van der Waals surface area contributed by atoms with Gasteiger partial charge in [-0.2, -0.15) is 0 Å². The fourth-order valence-corrected chi connectivity index (χ4v) is 2.01. The van der Waals surface area contributed by atoms with Gasteiger partial charge in [0.05, 0.1) is 19.2 Å². The SMILES string of the molecule is COC(=O)C[NH2+][C@H]1CC(=O)N(c2ccccc2)C1=O. The number of amides is 2. The minimum Gasteiger partial charge on any atom is -0.465 e. The van der Waals surface area contributed by atoms with Crippen LogP contribution in [0.5, 0.6) is 0 Å². The van der Waals surface area contributed by atoms with E-state index < -0.39 is 12.0 Å². The third-order valence-corrected chi connectivity index (χ3v) is 2.99. The van der Waals surface area contributed by atoms with Crippen LogP contribution in [0.25, 0.3) is 0 Å². The molecule has 0 radical (unpaired) electrons. The van der Waals surface area contributed by atoms with E-state index in [1.54, 1.807) is 24.3 Å². The highest BCUT2D eigenvalue weighted by Gasteiger charge is 2.42. The van der Waals surface area contributed by atoms with Gasteiger partial charge >= 0.3 is 5.97 Å². The Hall–Kier alpha value is -2.21. The van der Waals surface area contributed by atoms with Gasteiger partial charge in [-0.1, -0.05) is 18.2 Å². The summed E-state index contributed by atoms with van der Waals surface area (Å²) >= 11 is 0. The molecule has 2 amide bonds. The number of anilines is 1. The molecule has 2 rings (SSSR count). The smallest absolute Gasteiger partial charge is 0.361 e. The number of rotatable bonds is 4. The normalized spacial score (nSPS) is 18.8. The largest absolute Gasteiger partial charge is 0.465 e. The molecule has 1 fully saturated rings.